The second-order valence-electron chi connectivity index (χ2n) is 11.5. The van der Waals surface area contributed by atoms with E-state index in [9.17, 15) is 9.59 Å². The zero-order chi connectivity index (χ0) is 31.1. The number of anilines is 2. The number of benzene rings is 2. The number of nitrogen functional groups attached to an aromatic ring is 1. The molecule has 45 heavy (non-hydrogen) atoms. The SMILES string of the molecule is COc1c(N(C)C2CCN(Cc3ccc(-n4c(-c5cccnc5N)nc5cc(-c6ccccc6)cnc54)cc3)CC2)c(=O)c1=O. The highest BCUT2D eigenvalue weighted by atomic mass is 16.5. The van der Waals surface area contributed by atoms with Crippen LogP contribution in [0.15, 0.2) is 94.8 Å². The fraction of sp³-hybridized carbons (Fsp3) is 0.229. The summed E-state index contributed by atoms with van der Waals surface area (Å²) in [4.78, 5) is 42.5. The lowest BCUT2D eigenvalue weighted by Gasteiger charge is -2.38. The Morgan fingerprint density at radius 3 is 2.40 bits per heavy atom. The molecule has 1 aliphatic heterocycles. The van der Waals surface area contributed by atoms with Crippen LogP contribution < -0.4 is 26.2 Å². The third-order valence-electron chi connectivity index (χ3n) is 8.79. The lowest BCUT2D eigenvalue weighted by Crippen LogP contribution is -2.48. The molecule has 0 unspecified atom stereocenters. The highest BCUT2D eigenvalue weighted by Gasteiger charge is 2.31. The zero-order valence-corrected chi connectivity index (χ0v) is 25.2. The Balaban J connectivity index is 1.12. The standard InChI is InChI=1S/C35H33N7O3/c1-40(29-30(43)31(44)32(29)45-2)25-14-17-41(18-15-25)21-22-10-12-26(13-11-22)42-34(27-9-6-16-37-33(27)36)39-28-19-24(20-38-35(28)42)23-7-4-3-5-8-23/h3-13,16,19-20,25H,14-15,17-18,21H2,1-2H3,(H2,36,37). The molecule has 0 atom stereocenters. The summed E-state index contributed by atoms with van der Waals surface area (Å²) in [5.74, 6) is 1.27. The number of hydrogen-bond donors (Lipinski definition) is 1. The van der Waals surface area contributed by atoms with Crippen molar-refractivity contribution < 1.29 is 4.74 Å². The van der Waals surface area contributed by atoms with Gasteiger partial charge in [-0.25, -0.2) is 15.0 Å². The Hall–Kier alpha value is -5.35. The molecule has 4 heterocycles. The van der Waals surface area contributed by atoms with Gasteiger partial charge in [0.15, 0.2) is 17.2 Å². The molecule has 2 N–H and O–H groups in total. The van der Waals surface area contributed by atoms with Crippen LogP contribution in [0.2, 0.25) is 0 Å². The Morgan fingerprint density at radius 1 is 0.933 bits per heavy atom. The van der Waals surface area contributed by atoms with Gasteiger partial charge in [-0.3, -0.25) is 19.1 Å². The van der Waals surface area contributed by atoms with Crippen molar-refractivity contribution in [1.82, 2.24) is 24.4 Å². The van der Waals surface area contributed by atoms with Gasteiger partial charge in [-0.15, -0.1) is 0 Å². The third-order valence-corrected chi connectivity index (χ3v) is 8.79. The summed E-state index contributed by atoms with van der Waals surface area (Å²) in [6, 6.07) is 24.6. The van der Waals surface area contributed by atoms with E-state index in [1.165, 1.54) is 12.7 Å². The minimum atomic E-state index is -0.535. The summed E-state index contributed by atoms with van der Waals surface area (Å²) in [6.45, 7) is 2.59. The van der Waals surface area contributed by atoms with E-state index in [0.717, 1.165) is 66.0 Å². The van der Waals surface area contributed by atoms with Gasteiger partial charge in [0.2, 0.25) is 0 Å². The quantitative estimate of drug-likeness (QED) is 0.253. The summed E-state index contributed by atoms with van der Waals surface area (Å²) in [5, 5.41) is 0. The maximum absolute atomic E-state index is 12.1. The Bertz CT molecular complexity index is 2060. The molecule has 0 bridgehead atoms. The van der Waals surface area contributed by atoms with Crippen LogP contribution in [0.1, 0.15) is 18.4 Å². The number of rotatable bonds is 8. The van der Waals surface area contributed by atoms with Crippen LogP contribution in [0.4, 0.5) is 11.5 Å². The van der Waals surface area contributed by atoms with Crippen LogP contribution >= 0.6 is 0 Å². The molecule has 0 aliphatic carbocycles. The number of likely N-dealkylation sites (tertiary alicyclic amines) is 1. The molecule has 10 heteroatoms. The topological polar surface area (TPSA) is 119 Å². The molecule has 0 spiro atoms. The molecule has 0 radical (unpaired) electrons. The first kappa shape index (κ1) is 28.4. The van der Waals surface area contributed by atoms with E-state index in [1.807, 2.05) is 53.0 Å². The lowest BCUT2D eigenvalue weighted by molar-refractivity contribution is 0.203. The first-order valence-corrected chi connectivity index (χ1v) is 15.0. The van der Waals surface area contributed by atoms with E-state index in [2.05, 4.69) is 52.3 Å². The number of ether oxygens (including phenoxy) is 1. The largest absolute Gasteiger partial charge is 0.491 e. The average Bonchev–Trinajstić information content (AvgIpc) is 3.46. The van der Waals surface area contributed by atoms with E-state index >= 15 is 0 Å². The van der Waals surface area contributed by atoms with Gasteiger partial charge in [0.1, 0.15) is 17.0 Å². The molecule has 226 valence electrons. The highest BCUT2D eigenvalue weighted by Crippen LogP contribution is 2.32. The summed E-state index contributed by atoms with van der Waals surface area (Å²) >= 11 is 0. The number of fused-ring (bicyclic) bond motifs is 1. The molecular weight excluding hydrogens is 566 g/mol. The Morgan fingerprint density at radius 2 is 1.69 bits per heavy atom. The fourth-order valence-corrected chi connectivity index (χ4v) is 6.31. The molecule has 3 aromatic carbocycles. The van der Waals surface area contributed by atoms with Crippen LogP contribution in [-0.4, -0.2) is 57.7 Å². The average molecular weight is 600 g/mol. The molecule has 1 fully saturated rings. The molecule has 10 nitrogen and oxygen atoms in total. The van der Waals surface area contributed by atoms with E-state index in [0.29, 0.717) is 17.3 Å². The number of methoxy groups -OCH3 is 1. The number of nitrogens with two attached hydrogens (primary N) is 1. The van der Waals surface area contributed by atoms with Gasteiger partial charge < -0.3 is 15.4 Å². The summed E-state index contributed by atoms with van der Waals surface area (Å²) < 4.78 is 7.19. The highest BCUT2D eigenvalue weighted by molar-refractivity contribution is 5.85. The van der Waals surface area contributed by atoms with Crippen molar-refractivity contribution in [2.75, 3.05) is 37.9 Å². The van der Waals surface area contributed by atoms with Gasteiger partial charge in [0.25, 0.3) is 10.9 Å². The second kappa shape index (κ2) is 11.6. The van der Waals surface area contributed by atoms with Gasteiger partial charge in [0.05, 0.1) is 12.7 Å². The number of nitrogens with zero attached hydrogens (tertiary/aromatic N) is 6. The van der Waals surface area contributed by atoms with Crippen molar-refractivity contribution >= 4 is 22.7 Å². The fourth-order valence-electron chi connectivity index (χ4n) is 6.31. The predicted octanol–water partition coefficient (Wildman–Crippen LogP) is 4.44. The number of imidazole rings is 1. The van der Waals surface area contributed by atoms with Crippen LogP contribution in [0, 0.1) is 0 Å². The van der Waals surface area contributed by atoms with Crippen molar-refractivity contribution in [1.29, 1.82) is 0 Å². The lowest BCUT2D eigenvalue weighted by atomic mass is 10.0. The van der Waals surface area contributed by atoms with Crippen LogP contribution in [0.5, 0.6) is 5.75 Å². The number of pyridine rings is 2. The molecule has 0 saturated carbocycles. The van der Waals surface area contributed by atoms with Gasteiger partial charge in [-0.1, -0.05) is 42.5 Å². The zero-order valence-electron chi connectivity index (χ0n) is 25.2. The molecule has 1 saturated heterocycles. The maximum atomic E-state index is 12.1. The number of hydrogen-bond acceptors (Lipinski definition) is 9. The van der Waals surface area contributed by atoms with Crippen LogP contribution in [0.3, 0.4) is 0 Å². The first-order valence-electron chi connectivity index (χ1n) is 15.0. The second-order valence-corrected chi connectivity index (χ2v) is 11.5. The smallest absolute Gasteiger partial charge is 0.272 e. The molecule has 0 amide bonds. The summed E-state index contributed by atoms with van der Waals surface area (Å²) in [5.41, 5.74) is 12.2. The van der Waals surface area contributed by atoms with Gasteiger partial charge >= 0.3 is 0 Å². The van der Waals surface area contributed by atoms with E-state index in [4.69, 9.17) is 20.4 Å². The van der Waals surface area contributed by atoms with Crippen molar-refractivity contribution in [3.05, 3.63) is 111 Å². The van der Waals surface area contributed by atoms with Gasteiger partial charge in [-0.2, -0.15) is 0 Å². The molecule has 3 aromatic heterocycles. The number of aromatic nitrogens is 4. The minimum Gasteiger partial charge on any atom is -0.491 e. The normalized spacial score (nSPS) is 14.3. The third kappa shape index (κ3) is 5.12. The Labute approximate surface area is 260 Å². The molecule has 1 aliphatic rings. The van der Waals surface area contributed by atoms with Crippen molar-refractivity contribution in [2.24, 2.45) is 0 Å². The van der Waals surface area contributed by atoms with Gasteiger partial charge in [0, 0.05) is 56.4 Å². The van der Waals surface area contributed by atoms with Crippen molar-refractivity contribution in [3.8, 4) is 34.0 Å². The minimum absolute atomic E-state index is 0.178. The maximum Gasteiger partial charge on any atom is 0.272 e. The molecular formula is C35H33N7O3. The predicted molar refractivity (Wildman–Crippen MR) is 177 cm³/mol. The first-order chi connectivity index (χ1) is 21.9. The van der Waals surface area contributed by atoms with Crippen molar-refractivity contribution in [3.63, 3.8) is 0 Å². The van der Waals surface area contributed by atoms with Gasteiger partial charge in [-0.05, 0) is 54.3 Å². The molecule has 6 aromatic rings. The van der Waals surface area contributed by atoms with Crippen molar-refractivity contribution in [2.45, 2.75) is 25.4 Å². The Kier molecular flexibility index (Phi) is 7.34. The van der Waals surface area contributed by atoms with E-state index in [-0.39, 0.29) is 11.8 Å². The van der Waals surface area contributed by atoms with E-state index in [1.54, 1.807) is 6.20 Å². The van der Waals surface area contributed by atoms with Crippen LogP contribution in [0.25, 0.3) is 39.4 Å². The monoisotopic (exact) mass is 599 g/mol. The van der Waals surface area contributed by atoms with Crippen LogP contribution in [-0.2, 0) is 6.54 Å². The number of piperidine rings is 1. The molecule has 7 rings (SSSR count). The van der Waals surface area contributed by atoms with E-state index < -0.39 is 10.9 Å². The summed E-state index contributed by atoms with van der Waals surface area (Å²) in [7, 11) is 3.31. The summed E-state index contributed by atoms with van der Waals surface area (Å²) in [6.07, 6.45) is 5.34.